The van der Waals surface area contributed by atoms with Gasteiger partial charge in [-0.2, -0.15) is 5.10 Å². The second-order valence-corrected chi connectivity index (χ2v) is 5.94. The number of fused-ring (bicyclic) bond motifs is 1. The van der Waals surface area contributed by atoms with E-state index in [1.165, 1.54) is 11.3 Å². The normalized spacial score (nSPS) is 12.3. The zero-order valence-electron chi connectivity index (χ0n) is 12.2. The van der Waals surface area contributed by atoms with Crippen molar-refractivity contribution >= 4 is 5.65 Å². The molecule has 0 spiro atoms. The Morgan fingerprint density at radius 3 is 2.06 bits per heavy atom. The summed E-state index contributed by atoms with van der Waals surface area (Å²) in [6.45, 7) is 13.2. The highest BCUT2D eigenvalue weighted by atomic mass is 15.2. The van der Waals surface area contributed by atoms with Crippen LogP contribution >= 0.6 is 0 Å². The average molecular weight is 245 g/mol. The number of hydrogen-bond donors (Lipinski definition) is 0. The minimum Gasteiger partial charge on any atom is -0.302 e. The van der Waals surface area contributed by atoms with Crippen molar-refractivity contribution in [1.29, 1.82) is 0 Å². The SMILES string of the molecule is CC(C)c1cn2c(C(C)C)cc(C(C)C)c2nn1. The Morgan fingerprint density at radius 1 is 0.889 bits per heavy atom. The molecule has 0 unspecified atom stereocenters. The Balaban J connectivity index is 2.71. The van der Waals surface area contributed by atoms with Crippen LogP contribution in [0.2, 0.25) is 0 Å². The molecule has 98 valence electrons. The summed E-state index contributed by atoms with van der Waals surface area (Å²) in [6.07, 6.45) is 2.15. The van der Waals surface area contributed by atoms with Gasteiger partial charge >= 0.3 is 0 Å². The Morgan fingerprint density at radius 2 is 1.56 bits per heavy atom. The number of nitrogens with zero attached hydrogens (tertiary/aromatic N) is 3. The molecule has 0 atom stereocenters. The van der Waals surface area contributed by atoms with E-state index in [-0.39, 0.29) is 0 Å². The van der Waals surface area contributed by atoms with Gasteiger partial charge in [-0.3, -0.25) is 0 Å². The lowest BCUT2D eigenvalue weighted by atomic mass is 10.0. The van der Waals surface area contributed by atoms with Crippen LogP contribution in [-0.4, -0.2) is 14.6 Å². The molecule has 18 heavy (non-hydrogen) atoms. The van der Waals surface area contributed by atoms with Gasteiger partial charge < -0.3 is 4.40 Å². The molecule has 0 amide bonds. The molecule has 0 aliphatic carbocycles. The van der Waals surface area contributed by atoms with Gasteiger partial charge in [0, 0.05) is 17.5 Å². The third-order valence-electron chi connectivity index (χ3n) is 3.39. The van der Waals surface area contributed by atoms with Crippen molar-refractivity contribution < 1.29 is 0 Å². The van der Waals surface area contributed by atoms with Crippen LogP contribution in [0.25, 0.3) is 5.65 Å². The van der Waals surface area contributed by atoms with Crippen LogP contribution in [0, 0.1) is 0 Å². The molecule has 0 N–H and O–H groups in total. The van der Waals surface area contributed by atoms with Crippen molar-refractivity contribution in [3.05, 3.63) is 29.2 Å². The van der Waals surface area contributed by atoms with Crippen molar-refractivity contribution in [3.63, 3.8) is 0 Å². The van der Waals surface area contributed by atoms with Crippen molar-refractivity contribution in [3.8, 4) is 0 Å². The third kappa shape index (κ3) is 2.14. The zero-order chi connectivity index (χ0) is 13.4. The summed E-state index contributed by atoms with van der Waals surface area (Å²) in [5.41, 5.74) is 4.68. The molecular weight excluding hydrogens is 222 g/mol. The molecule has 0 fully saturated rings. The van der Waals surface area contributed by atoms with Crippen LogP contribution in [0.15, 0.2) is 12.3 Å². The predicted octanol–water partition coefficient (Wildman–Crippen LogP) is 4.10. The smallest absolute Gasteiger partial charge is 0.163 e. The molecule has 0 aliphatic heterocycles. The summed E-state index contributed by atoms with van der Waals surface area (Å²) in [5, 5.41) is 8.79. The summed E-state index contributed by atoms with van der Waals surface area (Å²) in [4.78, 5) is 0. The monoisotopic (exact) mass is 245 g/mol. The molecule has 2 rings (SSSR count). The average Bonchev–Trinajstić information content (AvgIpc) is 2.67. The highest BCUT2D eigenvalue weighted by Crippen LogP contribution is 2.27. The van der Waals surface area contributed by atoms with Crippen LogP contribution < -0.4 is 0 Å². The van der Waals surface area contributed by atoms with E-state index in [4.69, 9.17) is 0 Å². The summed E-state index contributed by atoms with van der Waals surface area (Å²) in [5.74, 6) is 1.38. The highest BCUT2D eigenvalue weighted by Gasteiger charge is 2.16. The largest absolute Gasteiger partial charge is 0.302 e. The first-order valence-corrected chi connectivity index (χ1v) is 6.80. The van der Waals surface area contributed by atoms with E-state index in [1.54, 1.807) is 0 Å². The molecule has 2 heterocycles. The second kappa shape index (κ2) is 4.71. The van der Waals surface area contributed by atoms with Gasteiger partial charge in [0.15, 0.2) is 5.65 Å². The van der Waals surface area contributed by atoms with Crippen LogP contribution in [-0.2, 0) is 0 Å². The minimum atomic E-state index is 0.409. The first-order valence-electron chi connectivity index (χ1n) is 6.80. The van der Waals surface area contributed by atoms with Crippen LogP contribution in [0.3, 0.4) is 0 Å². The fraction of sp³-hybridized carbons (Fsp3) is 0.600. The topological polar surface area (TPSA) is 30.2 Å². The van der Waals surface area contributed by atoms with Gasteiger partial charge in [-0.1, -0.05) is 41.5 Å². The zero-order valence-corrected chi connectivity index (χ0v) is 12.2. The molecule has 2 aromatic heterocycles. The fourth-order valence-electron chi connectivity index (χ4n) is 2.19. The Bertz CT molecular complexity index is 550. The van der Waals surface area contributed by atoms with Gasteiger partial charge in [0.1, 0.15) is 0 Å². The van der Waals surface area contributed by atoms with Gasteiger partial charge in [0.25, 0.3) is 0 Å². The maximum absolute atomic E-state index is 4.44. The Labute approximate surface area is 109 Å². The summed E-state index contributed by atoms with van der Waals surface area (Å²) < 4.78 is 2.22. The van der Waals surface area contributed by atoms with Gasteiger partial charge in [0.2, 0.25) is 0 Å². The highest BCUT2D eigenvalue weighted by molar-refractivity contribution is 5.53. The molecular formula is C15H23N3. The van der Waals surface area contributed by atoms with E-state index in [2.05, 4.69) is 68.4 Å². The molecule has 3 nitrogen and oxygen atoms in total. The van der Waals surface area contributed by atoms with E-state index < -0.39 is 0 Å². The van der Waals surface area contributed by atoms with Crippen LogP contribution in [0.4, 0.5) is 0 Å². The van der Waals surface area contributed by atoms with E-state index in [1.807, 2.05) is 0 Å². The molecule has 2 aromatic rings. The van der Waals surface area contributed by atoms with Crippen LogP contribution in [0.1, 0.15) is 76.2 Å². The van der Waals surface area contributed by atoms with Gasteiger partial charge in [-0.15, -0.1) is 5.10 Å². The Hall–Kier alpha value is -1.38. The van der Waals surface area contributed by atoms with Crippen molar-refractivity contribution in [2.45, 2.75) is 59.3 Å². The molecule has 0 saturated heterocycles. The molecule has 3 heteroatoms. The maximum Gasteiger partial charge on any atom is 0.163 e. The predicted molar refractivity (Wildman–Crippen MR) is 75.3 cm³/mol. The van der Waals surface area contributed by atoms with Gasteiger partial charge in [-0.25, -0.2) is 0 Å². The molecule has 0 saturated carbocycles. The lowest BCUT2D eigenvalue weighted by Gasteiger charge is -2.08. The molecule has 0 radical (unpaired) electrons. The lowest BCUT2D eigenvalue weighted by molar-refractivity contribution is 0.744. The number of aromatic nitrogens is 3. The summed E-state index contributed by atoms with van der Waals surface area (Å²) in [7, 11) is 0. The number of hydrogen-bond acceptors (Lipinski definition) is 2. The van der Waals surface area contributed by atoms with E-state index in [0.29, 0.717) is 17.8 Å². The standard InChI is InChI=1S/C15H23N3/c1-9(2)12-7-14(11(5)6)18-8-13(10(3)4)16-17-15(12)18/h7-11H,1-6H3. The first kappa shape index (κ1) is 13.1. The third-order valence-corrected chi connectivity index (χ3v) is 3.39. The fourth-order valence-corrected chi connectivity index (χ4v) is 2.19. The van der Waals surface area contributed by atoms with Crippen molar-refractivity contribution in [2.24, 2.45) is 0 Å². The van der Waals surface area contributed by atoms with E-state index in [0.717, 1.165) is 11.3 Å². The first-order chi connectivity index (χ1) is 8.41. The van der Waals surface area contributed by atoms with Gasteiger partial charge in [0.05, 0.1) is 5.69 Å². The van der Waals surface area contributed by atoms with Crippen molar-refractivity contribution in [2.75, 3.05) is 0 Å². The quantitative estimate of drug-likeness (QED) is 0.815. The van der Waals surface area contributed by atoms with Gasteiger partial charge in [-0.05, 0) is 23.8 Å². The molecule has 0 aromatic carbocycles. The summed E-state index contributed by atoms with van der Waals surface area (Å²) in [6, 6.07) is 2.28. The lowest BCUT2D eigenvalue weighted by Crippen LogP contribution is -2.03. The molecule has 0 bridgehead atoms. The minimum absolute atomic E-state index is 0.409. The number of rotatable bonds is 3. The second-order valence-electron chi connectivity index (χ2n) is 5.94. The summed E-state index contributed by atoms with van der Waals surface area (Å²) >= 11 is 0. The van der Waals surface area contributed by atoms with E-state index in [9.17, 15) is 0 Å². The van der Waals surface area contributed by atoms with Crippen LogP contribution in [0.5, 0.6) is 0 Å². The van der Waals surface area contributed by atoms with E-state index >= 15 is 0 Å². The van der Waals surface area contributed by atoms with Crippen molar-refractivity contribution in [1.82, 2.24) is 14.6 Å². The molecule has 0 aliphatic rings. The Kier molecular flexibility index (Phi) is 3.42. The maximum atomic E-state index is 4.44.